The van der Waals surface area contributed by atoms with E-state index in [9.17, 15) is 14.4 Å². The molecule has 3 rings (SSSR count). The van der Waals surface area contributed by atoms with Gasteiger partial charge in [-0.3, -0.25) is 9.59 Å². The highest BCUT2D eigenvalue weighted by Gasteiger charge is 2.47. The first kappa shape index (κ1) is 16.7. The average Bonchev–Trinajstić information content (AvgIpc) is 2.97. The second-order valence-electron chi connectivity index (χ2n) is 5.92. The zero-order chi connectivity index (χ0) is 18.0. The summed E-state index contributed by atoms with van der Waals surface area (Å²) in [5, 5.41) is 5.37. The summed E-state index contributed by atoms with van der Waals surface area (Å²) < 4.78 is 0. The minimum atomic E-state index is -0.828. The van der Waals surface area contributed by atoms with E-state index in [0.717, 1.165) is 5.56 Å². The van der Waals surface area contributed by atoms with Crippen molar-refractivity contribution in [3.8, 4) is 0 Å². The van der Waals surface area contributed by atoms with Gasteiger partial charge < -0.3 is 15.5 Å². The van der Waals surface area contributed by atoms with Crippen molar-refractivity contribution in [2.45, 2.75) is 12.0 Å². The van der Waals surface area contributed by atoms with Crippen LogP contribution in [0.3, 0.4) is 0 Å². The number of carbonyl (C=O) groups is 2. The van der Waals surface area contributed by atoms with E-state index in [1.54, 1.807) is 31.3 Å². The molecule has 0 spiro atoms. The summed E-state index contributed by atoms with van der Waals surface area (Å²) in [5.41, 5.74) is 2.03. The van der Waals surface area contributed by atoms with Gasteiger partial charge in [0.1, 0.15) is 0 Å². The van der Waals surface area contributed by atoms with Crippen LogP contribution in [-0.4, -0.2) is 47.6 Å². The summed E-state index contributed by atoms with van der Waals surface area (Å²) in [4.78, 5) is 37.1. The van der Waals surface area contributed by atoms with E-state index in [0.29, 0.717) is 11.3 Å². The van der Waals surface area contributed by atoms with E-state index >= 15 is 0 Å². The topological polar surface area (TPSA) is 82.8 Å². The number of urea groups is 1. The molecule has 0 bridgehead atoms. The molecular formula is C19H20N3O3+. The number of para-hydroxylation sites is 1. The molecular weight excluding hydrogens is 318 g/mol. The smallest absolute Gasteiger partial charge is 0.341 e. The van der Waals surface area contributed by atoms with Crippen LogP contribution in [0.25, 0.3) is 0 Å². The summed E-state index contributed by atoms with van der Waals surface area (Å²) >= 11 is 0. The van der Waals surface area contributed by atoms with Crippen molar-refractivity contribution >= 4 is 23.4 Å². The van der Waals surface area contributed by atoms with Crippen molar-refractivity contribution in [1.29, 1.82) is 0 Å². The van der Waals surface area contributed by atoms with Crippen LogP contribution in [0.4, 0.5) is 10.5 Å². The third kappa shape index (κ3) is 2.98. The molecule has 128 valence electrons. The number of anilines is 1. The summed E-state index contributed by atoms with van der Waals surface area (Å²) in [7, 11) is 3.08. The van der Waals surface area contributed by atoms with Gasteiger partial charge in [0, 0.05) is 19.8 Å². The molecule has 2 aromatic carbocycles. The molecule has 0 radical (unpaired) electrons. The fourth-order valence-corrected chi connectivity index (χ4v) is 3.19. The molecule has 0 fully saturated rings. The summed E-state index contributed by atoms with van der Waals surface area (Å²) in [6.45, 7) is 0. The van der Waals surface area contributed by atoms with Crippen molar-refractivity contribution in [2.24, 2.45) is 0 Å². The molecule has 6 heteroatoms. The third-order valence-electron chi connectivity index (χ3n) is 4.45. The van der Waals surface area contributed by atoms with Crippen molar-refractivity contribution in [1.82, 2.24) is 10.2 Å². The Balaban J connectivity index is 2.07. The van der Waals surface area contributed by atoms with Gasteiger partial charge in [-0.25, -0.2) is 4.79 Å². The fraction of sp³-hybridized carbons (Fsp3) is 0.211. The first-order chi connectivity index (χ1) is 12.0. The predicted molar refractivity (Wildman–Crippen MR) is 96.3 cm³/mol. The molecule has 1 heterocycles. The minimum absolute atomic E-state index is 0.0245. The number of ketones is 1. The van der Waals surface area contributed by atoms with E-state index < -0.39 is 12.0 Å². The van der Waals surface area contributed by atoms with Crippen LogP contribution in [0.5, 0.6) is 0 Å². The SMILES string of the molecule is CNC(=O)N(C)C(C(=[OH+])c1ccccc1)C1C(=O)Nc2ccccc21. The quantitative estimate of drug-likeness (QED) is 0.660. The van der Waals surface area contributed by atoms with E-state index in [1.807, 2.05) is 30.3 Å². The van der Waals surface area contributed by atoms with Gasteiger partial charge in [0.2, 0.25) is 5.91 Å². The van der Waals surface area contributed by atoms with Gasteiger partial charge in [0.25, 0.3) is 0 Å². The number of hydrogen-bond donors (Lipinski definition) is 2. The molecule has 25 heavy (non-hydrogen) atoms. The number of benzene rings is 2. The zero-order valence-electron chi connectivity index (χ0n) is 14.1. The molecule has 0 saturated heterocycles. The monoisotopic (exact) mass is 338 g/mol. The van der Waals surface area contributed by atoms with Crippen LogP contribution in [-0.2, 0) is 4.79 Å². The molecule has 1 aliphatic rings. The van der Waals surface area contributed by atoms with Crippen LogP contribution in [0.15, 0.2) is 54.6 Å². The number of rotatable bonds is 4. The first-order valence-corrected chi connectivity index (χ1v) is 8.00. The molecule has 0 aliphatic carbocycles. The molecule has 3 amide bonds. The number of carbonyl (C=O) groups excluding carboxylic acids is 3. The van der Waals surface area contributed by atoms with Crippen LogP contribution in [0.2, 0.25) is 0 Å². The highest BCUT2D eigenvalue weighted by atomic mass is 16.2. The lowest BCUT2D eigenvalue weighted by Gasteiger charge is -2.27. The van der Waals surface area contributed by atoms with E-state index in [2.05, 4.69) is 10.6 Å². The Morgan fingerprint density at radius 2 is 1.80 bits per heavy atom. The minimum Gasteiger partial charge on any atom is -0.341 e. The molecule has 2 unspecified atom stereocenters. The second-order valence-corrected chi connectivity index (χ2v) is 5.92. The standard InChI is InChI=1S/C19H19N3O3/c1-20-19(25)22(2)16(17(23)12-8-4-3-5-9-12)15-13-10-6-7-11-14(13)21-18(15)24/h3-11,15-16H,1-2H3,(H,20,25)(H,21,24)/p+1. The van der Waals surface area contributed by atoms with Crippen molar-refractivity contribution in [3.63, 3.8) is 0 Å². The maximum absolute atomic E-state index is 12.6. The van der Waals surface area contributed by atoms with Crippen molar-refractivity contribution in [2.75, 3.05) is 19.4 Å². The fourth-order valence-electron chi connectivity index (χ4n) is 3.19. The van der Waals surface area contributed by atoms with Crippen LogP contribution in [0, 0.1) is 0 Å². The Hall–Kier alpha value is -3.15. The lowest BCUT2D eigenvalue weighted by molar-refractivity contribution is -0.117. The summed E-state index contributed by atoms with van der Waals surface area (Å²) in [6.07, 6.45) is 0. The third-order valence-corrected chi connectivity index (χ3v) is 4.45. The van der Waals surface area contributed by atoms with Gasteiger partial charge in [-0.2, -0.15) is 0 Å². The molecule has 2 atom stereocenters. The summed E-state index contributed by atoms with van der Waals surface area (Å²) in [5.74, 6) is -0.966. The first-order valence-electron chi connectivity index (χ1n) is 8.00. The van der Waals surface area contributed by atoms with Crippen LogP contribution in [0.1, 0.15) is 17.0 Å². The van der Waals surface area contributed by atoms with E-state index in [-0.39, 0.29) is 17.7 Å². The number of fused-ring (bicyclic) bond motifs is 1. The Morgan fingerprint density at radius 3 is 2.48 bits per heavy atom. The number of hydrogen-bond acceptors (Lipinski definition) is 2. The van der Waals surface area contributed by atoms with E-state index in [4.69, 9.17) is 0 Å². The number of likely N-dealkylation sites (N-methyl/N-ethyl adjacent to an activating group) is 1. The Morgan fingerprint density at radius 1 is 1.16 bits per heavy atom. The normalized spacial score (nSPS) is 16.6. The maximum Gasteiger partial charge on any atom is 0.347 e. The highest BCUT2D eigenvalue weighted by Crippen LogP contribution is 2.37. The van der Waals surface area contributed by atoms with Gasteiger partial charge in [0.15, 0.2) is 6.04 Å². The van der Waals surface area contributed by atoms with Gasteiger partial charge in [-0.1, -0.05) is 36.4 Å². The highest BCUT2D eigenvalue weighted by molar-refractivity contribution is 6.11. The average molecular weight is 338 g/mol. The van der Waals surface area contributed by atoms with Crippen molar-refractivity contribution < 1.29 is 14.4 Å². The number of nitrogens with one attached hydrogen (secondary N) is 2. The lowest BCUT2D eigenvalue weighted by Crippen LogP contribution is -2.51. The van der Waals surface area contributed by atoms with Crippen molar-refractivity contribution in [3.05, 3.63) is 65.7 Å². The maximum atomic E-state index is 12.6. The van der Waals surface area contributed by atoms with Gasteiger partial charge in [-0.15, -0.1) is 0 Å². The van der Waals surface area contributed by atoms with Gasteiger partial charge >= 0.3 is 11.8 Å². The Bertz CT molecular complexity index is 820. The molecule has 6 nitrogen and oxygen atoms in total. The number of amides is 3. The van der Waals surface area contributed by atoms with E-state index in [1.165, 1.54) is 11.9 Å². The van der Waals surface area contributed by atoms with Gasteiger partial charge in [-0.05, 0) is 23.8 Å². The van der Waals surface area contributed by atoms with Crippen LogP contribution < -0.4 is 10.6 Å². The lowest BCUT2D eigenvalue weighted by atomic mass is 9.86. The molecule has 0 aromatic heterocycles. The summed E-state index contributed by atoms with van der Waals surface area (Å²) in [6, 6.07) is 15.0. The second kappa shape index (κ2) is 6.76. The molecule has 1 aliphatic heterocycles. The molecule has 2 aromatic rings. The molecule has 3 N–H and O–H groups in total. The predicted octanol–water partition coefficient (Wildman–Crippen LogP) is 1.96. The zero-order valence-corrected chi connectivity index (χ0v) is 14.1. The van der Waals surface area contributed by atoms with Gasteiger partial charge in [0.05, 0.1) is 11.5 Å². The largest absolute Gasteiger partial charge is 0.347 e. The number of nitrogens with zero attached hydrogens (tertiary/aromatic N) is 1. The molecule has 0 saturated carbocycles. The van der Waals surface area contributed by atoms with Crippen LogP contribution >= 0.6 is 0 Å². The Kier molecular flexibility index (Phi) is 4.52. The Labute approximate surface area is 145 Å².